The molecule has 0 radical (unpaired) electrons. The summed E-state index contributed by atoms with van der Waals surface area (Å²) in [5.74, 6) is 0. The Morgan fingerprint density at radius 2 is 2.15 bits per heavy atom. The predicted octanol–water partition coefficient (Wildman–Crippen LogP) is 3.16. The standard InChI is InChI=1S/C16H16N4/c1-18-13-3-2-4-14(10-13)20-8-7-19-15-9-12(11-17)5-6-16(15)20/h2-6,9-10,18-19H,7-8H2,1H3. The first kappa shape index (κ1) is 12.4. The van der Waals surface area contributed by atoms with Crippen LogP contribution in [-0.2, 0) is 0 Å². The Morgan fingerprint density at radius 3 is 2.95 bits per heavy atom. The van der Waals surface area contributed by atoms with Crippen molar-refractivity contribution in [2.24, 2.45) is 0 Å². The molecule has 0 amide bonds. The van der Waals surface area contributed by atoms with Gasteiger partial charge in [0.2, 0.25) is 0 Å². The van der Waals surface area contributed by atoms with Crippen LogP contribution in [-0.4, -0.2) is 20.1 Å². The molecule has 4 heteroatoms. The van der Waals surface area contributed by atoms with Crippen molar-refractivity contribution in [1.29, 1.82) is 5.26 Å². The topological polar surface area (TPSA) is 51.1 Å². The normalized spacial score (nSPS) is 13.1. The average Bonchev–Trinajstić information content (AvgIpc) is 2.53. The zero-order chi connectivity index (χ0) is 13.9. The number of fused-ring (bicyclic) bond motifs is 1. The third kappa shape index (κ3) is 2.14. The number of anilines is 4. The second-order valence-electron chi connectivity index (χ2n) is 4.72. The van der Waals surface area contributed by atoms with Gasteiger partial charge in [-0.1, -0.05) is 6.07 Å². The number of nitrogens with zero attached hydrogens (tertiary/aromatic N) is 2. The van der Waals surface area contributed by atoms with Crippen LogP contribution in [0.25, 0.3) is 0 Å². The number of hydrogen-bond acceptors (Lipinski definition) is 4. The van der Waals surface area contributed by atoms with E-state index in [1.165, 1.54) is 0 Å². The Morgan fingerprint density at radius 1 is 1.25 bits per heavy atom. The van der Waals surface area contributed by atoms with Crippen LogP contribution in [0, 0.1) is 11.3 Å². The zero-order valence-corrected chi connectivity index (χ0v) is 11.4. The van der Waals surface area contributed by atoms with Gasteiger partial charge in [0.05, 0.1) is 23.0 Å². The van der Waals surface area contributed by atoms with E-state index in [0.29, 0.717) is 5.56 Å². The molecule has 0 saturated carbocycles. The molecule has 1 aliphatic rings. The van der Waals surface area contributed by atoms with Crippen LogP contribution in [0.5, 0.6) is 0 Å². The van der Waals surface area contributed by atoms with Gasteiger partial charge in [0, 0.05) is 31.5 Å². The van der Waals surface area contributed by atoms with Gasteiger partial charge >= 0.3 is 0 Å². The number of benzene rings is 2. The second-order valence-corrected chi connectivity index (χ2v) is 4.72. The van der Waals surface area contributed by atoms with E-state index in [2.05, 4.69) is 33.7 Å². The first-order chi connectivity index (χ1) is 9.81. The van der Waals surface area contributed by atoms with Crippen molar-refractivity contribution in [1.82, 2.24) is 0 Å². The van der Waals surface area contributed by atoms with Gasteiger partial charge in [-0.25, -0.2) is 0 Å². The molecule has 20 heavy (non-hydrogen) atoms. The Labute approximate surface area is 118 Å². The van der Waals surface area contributed by atoms with Gasteiger partial charge < -0.3 is 15.5 Å². The van der Waals surface area contributed by atoms with Crippen LogP contribution in [0.15, 0.2) is 42.5 Å². The van der Waals surface area contributed by atoms with Gasteiger partial charge in [-0.3, -0.25) is 0 Å². The molecule has 2 aromatic rings. The Bertz CT molecular complexity index is 672. The number of nitriles is 1. The van der Waals surface area contributed by atoms with Gasteiger partial charge in [-0.05, 0) is 36.4 Å². The molecular formula is C16H16N4. The summed E-state index contributed by atoms with van der Waals surface area (Å²) in [5.41, 5.74) is 5.07. The van der Waals surface area contributed by atoms with Crippen molar-refractivity contribution in [3.8, 4) is 6.07 Å². The maximum atomic E-state index is 8.99. The van der Waals surface area contributed by atoms with E-state index in [9.17, 15) is 0 Å². The summed E-state index contributed by atoms with van der Waals surface area (Å²) < 4.78 is 0. The fourth-order valence-electron chi connectivity index (χ4n) is 2.50. The van der Waals surface area contributed by atoms with Gasteiger partial charge in [0.1, 0.15) is 0 Å². The molecule has 4 nitrogen and oxygen atoms in total. The van der Waals surface area contributed by atoms with Crippen molar-refractivity contribution in [2.75, 3.05) is 35.7 Å². The van der Waals surface area contributed by atoms with Gasteiger partial charge in [0.25, 0.3) is 0 Å². The number of hydrogen-bond donors (Lipinski definition) is 2. The molecule has 100 valence electrons. The quantitative estimate of drug-likeness (QED) is 0.874. The van der Waals surface area contributed by atoms with E-state index in [1.807, 2.05) is 37.4 Å². The zero-order valence-electron chi connectivity index (χ0n) is 11.4. The average molecular weight is 264 g/mol. The molecule has 0 aliphatic carbocycles. The van der Waals surface area contributed by atoms with Crippen molar-refractivity contribution in [2.45, 2.75) is 0 Å². The molecule has 0 atom stereocenters. The summed E-state index contributed by atoms with van der Waals surface area (Å²) in [5, 5.41) is 15.5. The summed E-state index contributed by atoms with van der Waals surface area (Å²) in [7, 11) is 1.92. The Hall–Kier alpha value is -2.67. The number of rotatable bonds is 2. The third-order valence-electron chi connectivity index (χ3n) is 3.51. The van der Waals surface area contributed by atoms with Crippen molar-refractivity contribution in [3.05, 3.63) is 48.0 Å². The van der Waals surface area contributed by atoms with E-state index >= 15 is 0 Å². The van der Waals surface area contributed by atoms with E-state index in [4.69, 9.17) is 5.26 Å². The molecule has 0 spiro atoms. The van der Waals surface area contributed by atoms with Crippen LogP contribution in [0.2, 0.25) is 0 Å². The summed E-state index contributed by atoms with van der Waals surface area (Å²) >= 11 is 0. The molecule has 1 heterocycles. The fourth-order valence-corrected chi connectivity index (χ4v) is 2.50. The predicted molar refractivity (Wildman–Crippen MR) is 82.6 cm³/mol. The van der Waals surface area contributed by atoms with Crippen LogP contribution in [0.3, 0.4) is 0 Å². The maximum Gasteiger partial charge on any atom is 0.0992 e. The highest BCUT2D eigenvalue weighted by molar-refractivity contribution is 5.80. The SMILES string of the molecule is CNc1cccc(N2CCNc3cc(C#N)ccc32)c1. The summed E-state index contributed by atoms with van der Waals surface area (Å²) in [6.45, 7) is 1.78. The van der Waals surface area contributed by atoms with Crippen molar-refractivity contribution in [3.63, 3.8) is 0 Å². The first-order valence-electron chi connectivity index (χ1n) is 6.65. The third-order valence-corrected chi connectivity index (χ3v) is 3.51. The number of nitrogens with one attached hydrogen (secondary N) is 2. The largest absolute Gasteiger partial charge is 0.388 e. The molecule has 0 saturated heterocycles. The van der Waals surface area contributed by atoms with Crippen LogP contribution >= 0.6 is 0 Å². The van der Waals surface area contributed by atoms with Crippen LogP contribution in [0.4, 0.5) is 22.7 Å². The highest BCUT2D eigenvalue weighted by Crippen LogP contribution is 2.35. The Balaban J connectivity index is 2.03. The Kier molecular flexibility index (Phi) is 3.18. The maximum absolute atomic E-state index is 8.99. The van der Waals surface area contributed by atoms with Gasteiger partial charge in [-0.2, -0.15) is 5.26 Å². The van der Waals surface area contributed by atoms with Crippen LogP contribution < -0.4 is 15.5 Å². The smallest absolute Gasteiger partial charge is 0.0992 e. The minimum atomic E-state index is 0.682. The van der Waals surface area contributed by atoms with Gasteiger partial charge in [-0.15, -0.1) is 0 Å². The lowest BCUT2D eigenvalue weighted by molar-refractivity contribution is 0.926. The monoisotopic (exact) mass is 264 g/mol. The van der Waals surface area contributed by atoms with Crippen molar-refractivity contribution < 1.29 is 0 Å². The molecule has 0 aromatic heterocycles. The molecule has 0 fully saturated rings. The minimum absolute atomic E-state index is 0.682. The fraction of sp³-hybridized carbons (Fsp3) is 0.188. The van der Waals surface area contributed by atoms with Gasteiger partial charge in [0.15, 0.2) is 0 Å². The molecule has 1 aliphatic heterocycles. The molecule has 0 bridgehead atoms. The summed E-state index contributed by atoms with van der Waals surface area (Å²) in [4.78, 5) is 2.27. The van der Waals surface area contributed by atoms with E-state index in [1.54, 1.807) is 0 Å². The molecular weight excluding hydrogens is 248 g/mol. The van der Waals surface area contributed by atoms with E-state index in [-0.39, 0.29) is 0 Å². The lowest BCUT2D eigenvalue weighted by Gasteiger charge is -2.32. The highest BCUT2D eigenvalue weighted by Gasteiger charge is 2.18. The van der Waals surface area contributed by atoms with E-state index < -0.39 is 0 Å². The lowest BCUT2D eigenvalue weighted by Crippen LogP contribution is -2.30. The summed E-state index contributed by atoms with van der Waals surface area (Å²) in [6, 6.07) is 16.3. The first-order valence-corrected chi connectivity index (χ1v) is 6.65. The minimum Gasteiger partial charge on any atom is -0.388 e. The molecule has 2 N–H and O–H groups in total. The van der Waals surface area contributed by atoms with Crippen molar-refractivity contribution >= 4 is 22.7 Å². The molecule has 3 rings (SSSR count). The van der Waals surface area contributed by atoms with E-state index in [0.717, 1.165) is 35.8 Å². The van der Waals surface area contributed by atoms with Crippen LogP contribution in [0.1, 0.15) is 5.56 Å². The second kappa shape index (κ2) is 5.14. The lowest BCUT2D eigenvalue weighted by atomic mass is 10.1. The summed E-state index contributed by atoms with van der Waals surface area (Å²) in [6.07, 6.45) is 0. The highest BCUT2D eigenvalue weighted by atomic mass is 15.2. The molecule has 2 aromatic carbocycles. The molecule has 0 unspecified atom stereocenters.